The second kappa shape index (κ2) is 7.24. The number of benzene rings is 1. The lowest BCUT2D eigenvalue weighted by Crippen LogP contribution is -2.42. The minimum atomic E-state index is -3.45. The Hall–Kier alpha value is -1.40. The first-order chi connectivity index (χ1) is 10.5. The predicted octanol–water partition coefficient (Wildman–Crippen LogP) is 1.79. The number of hydrogen-bond acceptors (Lipinski definition) is 3. The third-order valence-electron chi connectivity index (χ3n) is 4.17. The van der Waals surface area contributed by atoms with Gasteiger partial charge in [0.15, 0.2) is 0 Å². The Labute approximate surface area is 132 Å². The van der Waals surface area contributed by atoms with Crippen LogP contribution in [-0.4, -0.2) is 38.8 Å². The molecule has 1 N–H and O–H groups in total. The number of carbonyl (C=O) groups is 1. The third-order valence-corrected chi connectivity index (χ3v) is 6.08. The minimum Gasteiger partial charge on any atom is -0.359 e. The molecule has 1 fully saturated rings. The first-order valence-corrected chi connectivity index (χ1v) is 9.23. The molecule has 5 nitrogen and oxygen atoms in total. The Morgan fingerprint density at radius 2 is 1.82 bits per heavy atom. The third kappa shape index (κ3) is 3.67. The number of nitrogens with zero attached hydrogens (tertiary/aromatic N) is 1. The van der Waals surface area contributed by atoms with Gasteiger partial charge in [-0.1, -0.05) is 25.5 Å². The molecule has 2 rings (SSSR count). The summed E-state index contributed by atoms with van der Waals surface area (Å²) < 4.78 is 26.7. The van der Waals surface area contributed by atoms with Crippen LogP contribution in [0.25, 0.3) is 0 Å². The zero-order chi connectivity index (χ0) is 16.2. The highest BCUT2D eigenvalue weighted by Crippen LogP contribution is 2.24. The Morgan fingerprint density at radius 3 is 2.32 bits per heavy atom. The van der Waals surface area contributed by atoms with Gasteiger partial charge in [0.05, 0.1) is 4.90 Å². The number of sulfonamides is 1. The Bertz CT molecular complexity index is 603. The van der Waals surface area contributed by atoms with Crippen molar-refractivity contribution in [3.63, 3.8) is 0 Å². The summed E-state index contributed by atoms with van der Waals surface area (Å²) in [5, 5.41) is 2.63. The second-order valence-corrected chi connectivity index (χ2v) is 7.62. The molecule has 6 heteroatoms. The van der Waals surface area contributed by atoms with E-state index in [1.807, 2.05) is 12.1 Å². The Morgan fingerprint density at radius 1 is 1.23 bits per heavy atom. The summed E-state index contributed by atoms with van der Waals surface area (Å²) in [5.74, 6) is -0.0793. The summed E-state index contributed by atoms with van der Waals surface area (Å²) in [4.78, 5) is 12.0. The van der Waals surface area contributed by atoms with E-state index in [9.17, 15) is 13.2 Å². The van der Waals surface area contributed by atoms with Crippen LogP contribution < -0.4 is 5.32 Å². The van der Waals surface area contributed by atoms with Crippen molar-refractivity contribution in [1.82, 2.24) is 9.62 Å². The van der Waals surface area contributed by atoms with Crippen molar-refractivity contribution in [1.29, 1.82) is 0 Å². The van der Waals surface area contributed by atoms with Crippen molar-refractivity contribution in [2.24, 2.45) is 5.92 Å². The Kier molecular flexibility index (Phi) is 5.58. The first-order valence-electron chi connectivity index (χ1n) is 7.79. The average Bonchev–Trinajstić information content (AvgIpc) is 2.55. The normalized spacial score (nSPS) is 17.4. The van der Waals surface area contributed by atoms with E-state index < -0.39 is 10.0 Å². The molecule has 1 aromatic rings. The SMILES string of the molecule is CCCc1ccc(S(=O)(=O)N2CCC(C(=O)NC)CC2)cc1. The number of nitrogens with one attached hydrogen (secondary N) is 1. The molecule has 1 amide bonds. The fraction of sp³-hybridized carbons (Fsp3) is 0.562. The van der Waals surface area contributed by atoms with E-state index in [1.165, 1.54) is 4.31 Å². The van der Waals surface area contributed by atoms with Crippen LogP contribution in [0.3, 0.4) is 0 Å². The number of carbonyl (C=O) groups excluding carboxylic acids is 1. The molecule has 0 aliphatic carbocycles. The second-order valence-electron chi connectivity index (χ2n) is 5.69. The smallest absolute Gasteiger partial charge is 0.243 e. The topological polar surface area (TPSA) is 66.5 Å². The summed E-state index contributed by atoms with van der Waals surface area (Å²) in [6, 6.07) is 7.14. The highest BCUT2D eigenvalue weighted by Gasteiger charge is 2.31. The lowest BCUT2D eigenvalue weighted by atomic mass is 9.97. The van der Waals surface area contributed by atoms with Gasteiger partial charge in [-0.15, -0.1) is 0 Å². The van der Waals surface area contributed by atoms with Gasteiger partial charge < -0.3 is 5.32 Å². The van der Waals surface area contributed by atoms with E-state index in [-0.39, 0.29) is 11.8 Å². The number of rotatable bonds is 5. The largest absolute Gasteiger partial charge is 0.359 e. The van der Waals surface area contributed by atoms with Gasteiger partial charge in [-0.05, 0) is 37.0 Å². The van der Waals surface area contributed by atoms with E-state index in [1.54, 1.807) is 19.2 Å². The molecule has 1 heterocycles. The van der Waals surface area contributed by atoms with E-state index >= 15 is 0 Å². The predicted molar refractivity (Wildman–Crippen MR) is 86.0 cm³/mol. The van der Waals surface area contributed by atoms with Gasteiger partial charge in [0.25, 0.3) is 0 Å². The average molecular weight is 324 g/mol. The molecule has 22 heavy (non-hydrogen) atoms. The summed E-state index contributed by atoms with van der Waals surface area (Å²) in [7, 11) is -1.83. The summed E-state index contributed by atoms with van der Waals surface area (Å²) in [6.07, 6.45) is 3.15. The number of piperidine rings is 1. The molecule has 122 valence electrons. The van der Waals surface area contributed by atoms with Crippen LogP contribution in [0.1, 0.15) is 31.7 Å². The van der Waals surface area contributed by atoms with Crippen molar-refractivity contribution in [3.05, 3.63) is 29.8 Å². The molecule has 0 unspecified atom stereocenters. The molecular formula is C16H24N2O3S. The lowest BCUT2D eigenvalue weighted by Gasteiger charge is -2.30. The van der Waals surface area contributed by atoms with E-state index in [0.717, 1.165) is 18.4 Å². The zero-order valence-electron chi connectivity index (χ0n) is 13.2. The van der Waals surface area contributed by atoms with Gasteiger partial charge in [0, 0.05) is 26.1 Å². The molecule has 0 bridgehead atoms. The molecule has 1 aromatic carbocycles. The molecule has 1 saturated heterocycles. The lowest BCUT2D eigenvalue weighted by molar-refractivity contribution is -0.125. The van der Waals surface area contributed by atoms with Crippen LogP contribution in [0, 0.1) is 5.92 Å². The van der Waals surface area contributed by atoms with Crippen molar-refractivity contribution >= 4 is 15.9 Å². The number of hydrogen-bond donors (Lipinski definition) is 1. The molecule has 0 aromatic heterocycles. The minimum absolute atomic E-state index is 0.000895. The van der Waals surface area contributed by atoms with Crippen molar-refractivity contribution < 1.29 is 13.2 Å². The highest BCUT2D eigenvalue weighted by atomic mass is 32.2. The maximum Gasteiger partial charge on any atom is 0.243 e. The van der Waals surface area contributed by atoms with E-state index in [4.69, 9.17) is 0 Å². The van der Waals surface area contributed by atoms with Gasteiger partial charge >= 0.3 is 0 Å². The highest BCUT2D eigenvalue weighted by molar-refractivity contribution is 7.89. The molecule has 1 aliphatic rings. The molecule has 0 atom stereocenters. The maximum absolute atomic E-state index is 12.6. The van der Waals surface area contributed by atoms with Crippen LogP contribution in [0.4, 0.5) is 0 Å². The quantitative estimate of drug-likeness (QED) is 0.898. The van der Waals surface area contributed by atoms with Gasteiger partial charge in [-0.3, -0.25) is 4.79 Å². The molecular weight excluding hydrogens is 300 g/mol. The van der Waals surface area contributed by atoms with Gasteiger partial charge in [0.2, 0.25) is 15.9 Å². The standard InChI is InChI=1S/C16H24N2O3S/c1-3-4-13-5-7-15(8-6-13)22(20,21)18-11-9-14(10-12-18)16(19)17-2/h5-8,14H,3-4,9-12H2,1-2H3,(H,17,19). The Balaban J connectivity index is 2.06. The maximum atomic E-state index is 12.6. The van der Waals surface area contributed by atoms with Crippen molar-refractivity contribution in [2.75, 3.05) is 20.1 Å². The van der Waals surface area contributed by atoms with Gasteiger partial charge in [-0.2, -0.15) is 4.31 Å². The monoisotopic (exact) mass is 324 g/mol. The summed E-state index contributed by atoms with van der Waals surface area (Å²) in [6.45, 7) is 2.90. The fourth-order valence-corrected chi connectivity index (χ4v) is 4.30. The summed E-state index contributed by atoms with van der Waals surface area (Å²) >= 11 is 0. The number of aryl methyl sites for hydroxylation is 1. The summed E-state index contributed by atoms with van der Waals surface area (Å²) in [5.41, 5.74) is 1.15. The van der Waals surface area contributed by atoms with Crippen LogP contribution in [0.5, 0.6) is 0 Å². The van der Waals surface area contributed by atoms with Crippen LogP contribution in [0.2, 0.25) is 0 Å². The fourth-order valence-electron chi connectivity index (χ4n) is 2.83. The first kappa shape index (κ1) is 17.0. The molecule has 0 radical (unpaired) electrons. The zero-order valence-corrected chi connectivity index (χ0v) is 14.0. The van der Waals surface area contributed by atoms with E-state index in [2.05, 4.69) is 12.2 Å². The van der Waals surface area contributed by atoms with Gasteiger partial charge in [0.1, 0.15) is 0 Å². The molecule has 0 spiro atoms. The van der Waals surface area contributed by atoms with Gasteiger partial charge in [-0.25, -0.2) is 8.42 Å². The van der Waals surface area contributed by atoms with Crippen LogP contribution >= 0.6 is 0 Å². The molecule has 1 aliphatic heterocycles. The van der Waals surface area contributed by atoms with E-state index in [0.29, 0.717) is 30.8 Å². The van der Waals surface area contributed by atoms with Crippen LogP contribution in [0.15, 0.2) is 29.2 Å². The number of amides is 1. The van der Waals surface area contributed by atoms with Crippen molar-refractivity contribution in [3.8, 4) is 0 Å². The van der Waals surface area contributed by atoms with Crippen molar-refractivity contribution in [2.45, 2.75) is 37.5 Å². The molecule has 0 saturated carbocycles. The van der Waals surface area contributed by atoms with Crippen LogP contribution in [-0.2, 0) is 21.2 Å².